The molecule has 1 aliphatic heterocycles. The van der Waals surface area contributed by atoms with Crippen molar-refractivity contribution in [2.24, 2.45) is 0 Å². The van der Waals surface area contributed by atoms with E-state index >= 15 is 0 Å². The normalized spacial score (nSPS) is 17.1. The van der Waals surface area contributed by atoms with Gasteiger partial charge in [0.1, 0.15) is 17.6 Å². The smallest absolute Gasteiger partial charge is 0.222 e. The molecule has 0 N–H and O–H groups in total. The van der Waals surface area contributed by atoms with Crippen LogP contribution in [0.2, 0.25) is 0 Å². The van der Waals surface area contributed by atoms with Crippen LogP contribution in [0.1, 0.15) is 25.7 Å². The molecule has 4 heteroatoms. The maximum Gasteiger partial charge on any atom is 0.222 e. The van der Waals surface area contributed by atoms with Crippen LogP contribution in [0.3, 0.4) is 0 Å². The Bertz CT molecular complexity index is 645. The van der Waals surface area contributed by atoms with Gasteiger partial charge in [-0.15, -0.1) is 0 Å². The van der Waals surface area contributed by atoms with Gasteiger partial charge in [-0.1, -0.05) is 36.4 Å². The molecule has 1 amide bonds. The molecule has 1 unspecified atom stereocenters. The summed E-state index contributed by atoms with van der Waals surface area (Å²) in [5, 5.41) is 0. The molecular formula is C21H25NO3. The van der Waals surface area contributed by atoms with E-state index in [-0.39, 0.29) is 12.0 Å². The van der Waals surface area contributed by atoms with Gasteiger partial charge in [0.25, 0.3) is 0 Å². The zero-order valence-electron chi connectivity index (χ0n) is 14.5. The van der Waals surface area contributed by atoms with Crippen molar-refractivity contribution < 1.29 is 14.3 Å². The lowest BCUT2D eigenvalue weighted by molar-refractivity contribution is -0.134. The first-order valence-electron chi connectivity index (χ1n) is 8.98. The van der Waals surface area contributed by atoms with E-state index in [0.29, 0.717) is 19.6 Å². The molecule has 1 atom stereocenters. The van der Waals surface area contributed by atoms with Gasteiger partial charge in [0, 0.05) is 13.0 Å². The van der Waals surface area contributed by atoms with Crippen molar-refractivity contribution in [2.45, 2.75) is 31.8 Å². The van der Waals surface area contributed by atoms with Crippen LogP contribution in [-0.2, 0) is 4.79 Å². The number of carbonyl (C=O) groups is 1. The fourth-order valence-corrected chi connectivity index (χ4v) is 3.04. The number of nitrogens with zero attached hydrogens (tertiary/aromatic N) is 1. The average Bonchev–Trinajstić information content (AvgIpc) is 2.67. The van der Waals surface area contributed by atoms with E-state index in [1.54, 1.807) is 0 Å². The van der Waals surface area contributed by atoms with Crippen molar-refractivity contribution in [2.75, 3.05) is 19.7 Å². The van der Waals surface area contributed by atoms with Crippen LogP contribution in [-0.4, -0.2) is 36.6 Å². The van der Waals surface area contributed by atoms with Gasteiger partial charge in [-0.3, -0.25) is 4.79 Å². The van der Waals surface area contributed by atoms with Gasteiger partial charge in [0.15, 0.2) is 0 Å². The van der Waals surface area contributed by atoms with Gasteiger partial charge in [-0.05, 0) is 43.5 Å². The van der Waals surface area contributed by atoms with Crippen LogP contribution in [0.4, 0.5) is 0 Å². The Morgan fingerprint density at radius 1 is 1.00 bits per heavy atom. The molecule has 0 spiro atoms. The minimum atomic E-state index is 0.0840. The molecule has 0 aliphatic carbocycles. The number of likely N-dealkylation sites (tertiary alicyclic amines) is 1. The van der Waals surface area contributed by atoms with Crippen molar-refractivity contribution in [3.05, 3.63) is 60.7 Å². The number of hydrogen-bond acceptors (Lipinski definition) is 3. The van der Waals surface area contributed by atoms with Gasteiger partial charge in [-0.25, -0.2) is 0 Å². The van der Waals surface area contributed by atoms with Gasteiger partial charge >= 0.3 is 0 Å². The number of benzene rings is 2. The molecule has 0 saturated carbocycles. The molecule has 1 aliphatic rings. The Balaban J connectivity index is 1.39. The standard InChI is InChI=1S/C21H25NO3/c23-21(14-8-16-24-18-9-3-1-4-10-18)22-15-7-13-20(17-22)25-19-11-5-2-6-12-19/h1-6,9-12,20H,7-8,13-17H2. The van der Waals surface area contributed by atoms with E-state index in [9.17, 15) is 4.79 Å². The van der Waals surface area contributed by atoms with Crippen LogP contribution in [0.25, 0.3) is 0 Å². The number of para-hydroxylation sites is 2. The van der Waals surface area contributed by atoms with Crippen molar-refractivity contribution in [3.63, 3.8) is 0 Å². The van der Waals surface area contributed by atoms with Crippen LogP contribution in [0.15, 0.2) is 60.7 Å². The molecule has 4 nitrogen and oxygen atoms in total. The number of ether oxygens (including phenoxy) is 2. The summed E-state index contributed by atoms with van der Waals surface area (Å²) in [7, 11) is 0. The molecule has 1 heterocycles. The molecule has 25 heavy (non-hydrogen) atoms. The lowest BCUT2D eigenvalue weighted by Crippen LogP contribution is -2.44. The van der Waals surface area contributed by atoms with E-state index < -0.39 is 0 Å². The molecule has 0 bridgehead atoms. The van der Waals surface area contributed by atoms with Gasteiger partial charge in [-0.2, -0.15) is 0 Å². The van der Waals surface area contributed by atoms with E-state index in [4.69, 9.17) is 9.47 Å². The van der Waals surface area contributed by atoms with E-state index in [1.807, 2.05) is 65.6 Å². The Hall–Kier alpha value is -2.49. The summed E-state index contributed by atoms with van der Waals surface area (Å²) in [6, 6.07) is 19.5. The van der Waals surface area contributed by atoms with Crippen LogP contribution >= 0.6 is 0 Å². The average molecular weight is 339 g/mol. The summed E-state index contributed by atoms with van der Waals surface area (Å²) in [6.45, 7) is 2.06. The molecule has 0 aromatic heterocycles. The first kappa shape index (κ1) is 17.3. The SMILES string of the molecule is O=C(CCCOc1ccccc1)N1CCCC(Oc2ccccc2)C1. The molecule has 132 valence electrons. The number of carbonyl (C=O) groups excluding carboxylic acids is 1. The number of amides is 1. The summed E-state index contributed by atoms with van der Waals surface area (Å²) in [4.78, 5) is 14.4. The highest BCUT2D eigenvalue weighted by Gasteiger charge is 2.24. The fraction of sp³-hybridized carbons (Fsp3) is 0.381. The van der Waals surface area contributed by atoms with Crippen LogP contribution in [0.5, 0.6) is 11.5 Å². The van der Waals surface area contributed by atoms with Crippen LogP contribution in [0, 0.1) is 0 Å². The van der Waals surface area contributed by atoms with E-state index in [2.05, 4.69) is 0 Å². The Kier molecular flexibility index (Phi) is 6.32. The Labute approximate surface area is 149 Å². The quantitative estimate of drug-likeness (QED) is 0.718. The van der Waals surface area contributed by atoms with Crippen LogP contribution < -0.4 is 9.47 Å². The fourth-order valence-electron chi connectivity index (χ4n) is 3.04. The first-order chi connectivity index (χ1) is 12.3. The summed E-state index contributed by atoms with van der Waals surface area (Å²) < 4.78 is 11.6. The molecule has 2 aromatic rings. The molecule has 2 aromatic carbocycles. The number of rotatable bonds is 7. The zero-order chi connectivity index (χ0) is 17.3. The minimum Gasteiger partial charge on any atom is -0.494 e. The van der Waals surface area contributed by atoms with Crippen molar-refractivity contribution >= 4 is 5.91 Å². The van der Waals surface area contributed by atoms with E-state index in [0.717, 1.165) is 37.3 Å². The van der Waals surface area contributed by atoms with Crippen molar-refractivity contribution in [3.8, 4) is 11.5 Å². The third-order valence-electron chi connectivity index (χ3n) is 4.32. The molecule has 1 saturated heterocycles. The van der Waals surface area contributed by atoms with E-state index in [1.165, 1.54) is 0 Å². The van der Waals surface area contributed by atoms with Crippen molar-refractivity contribution in [1.29, 1.82) is 0 Å². The monoisotopic (exact) mass is 339 g/mol. The minimum absolute atomic E-state index is 0.0840. The molecule has 0 radical (unpaired) electrons. The second-order valence-electron chi connectivity index (χ2n) is 6.30. The highest BCUT2D eigenvalue weighted by atomic mass is 16.5. The lowest BCUT2D eigenvalue weighted by Gasteiger charge is -2.33. The largest absolute Gasteiger partial charge is 0.494 e. The Morgan fingerprint density at radius 2 is 1.68 bits per heavy atom. The second-order valence-corrected chi connectivity index (χ2v) is 6.30. The molecule has 3 rings (SSSR count). The lowest BCUT2D eigenvalue weighted by atomic mass is 10.1. The van der Waals surface area contributed by atoms with Crippen molar-refractivity contribution in [1.82, 2.24) is 4.90 Å². The number of hydrogen-bond donors (Lipinski definition) is 0. The Morgan fingerprint density at radius 3 is 2.40 bits per heavy atom. The highest BCUT2D eigenvalue weighted by molar-refractivity contribution is 5.76. The maximum atomic E-state index is 12.4. The highest BCUT2D eigenvalue weighted by Crippen LogP contribution is 2.19. The molecular weight excluding hydrogens is 314 g/mol. The van der Waals surface area contributed by atoms with Gasteiger partial charge in [0.05, 0.1) is 13.2 Å². The van der Waals surface area contributed by atoms with Gasteiger partial charge < -0.3 is 14.4 Å². The summed E-state index contributed by atoms with van der Waals surface area (Å²) in [5.74, 6) is 1.92. The summed E-state index contributed by atoms with van der Waals surface area (Å²) in [5.41, 5.74) is 0. The zero-order valence-corrected chi connectivity index (χ0v) is 14.5. The summed E-state index contributed by atoms with van der Waals surface area (Å²) in [6.07, 6.45) is 3.32. The second kappa shape index (κ2) is 9.11. The predicted molar refractivity (Wildman–Crippen MR) is 97.8 cm³/mol. The third kappa shape index (κ3) is 5.52. The third-order valence-corrected chi connectivity index (χ3v) is 4.32. The number of piperidine rings is 1. The topological polar surface area (TPSA) is 38.8 Å². The first-order valence-corrected chi connectivity index (χ1v) is 8.98. The molecule has 1 fully saturated rings. The van der Waals surface area contributed by atoms with Gasteiger partial charge in [0.2, 0.25) is 5.91 Å². The maximum absolute atomic E-state index is 12.4. The predicted octanol–water partition coefficient (Wildman–Crippen LogP) is 3.92. The summed E-state index contributed by atoms with van der Waals surface area (Å²) >= 11 is 0.